The molecule has 19 heavy (non-hydrogen) atoms. The third-order valence-corrected chi connectivity index (χ3v) is 3.82. The zero-order valence-electron chi connectivity index (χ0n) is 10.7. The van der Waals surface area contributed by atoms with E-state index in [1.54, 1.807) is 12.1 Å². The largest absolute Gasteiger partial charge is 0.378 e. The molecule has 2 nitrogen and oxygen atoms in total. The Balaban J connectivity index is 1.84. The third-order valence-electron chi connectivity index (χ3n) is 3.82. The normalized spacial score (nSPS) is 16.1. The number of rotatable bonds is 3. The standard InChI is InChI=1S/C16H17FN2/c17-14-5-7-15(8-6-14)19-16(11-18)9-12-3-1-2-4-13(12)10-16/h1-8,19H,9-11,18H2. The van der Waals surface area contributed by atoms with Gasteiger partial charge in [0.25, 0.3) is 0 Å². The lowest BCUT2D eigenvalue weighted by Crippen LogP contribution is -2.46. The summed E-state index contributed by atoms with van der Waals surface area (Å²) in [6, 6.07) is 14.9. The molecule has 0 fully saturated rings. The van der Waals surface area contributed by atoms with E-state index in [0.717, 1.165) is 18.5 Å². The predicted octanol–water partition coefficient (Wildman–Crippen LogP) is 2.73. The van der Waals surface area contributed by atoms with Gasteiger partial charge < -0.3 is 11.1 Å². The summed E-state index contributed by atoms with van der Waals surface area (Å²) >= 11 is 0. The van der Waals surface area contributed by atoms with E-state index in [4.69, 9.17) is 5.73 Å². The Hall–Kier alpha value is -1.87. The molecule has 1 aliphatic rings. The molecule has 3 N–H and O–H groups in total. The average Bonchev–Trinajstić information content (AvgIpc) is 2.80. The van der Waals surface area contributed by atoms with Gasteiger partial charge in [-0.15, -0.1) is 0 Å². The van der Waals surface area contributed by atoms with Gasteiger partial charge in [0, 0.05) is 12.2 Å². The first-order chi connectivity index (χ1) is 9.21. The molecular weight excluding hydrogens is 239 g/mol. The van der Waals surface area contributed by atoms with Crippen molar-refractivity contribution in [2.75, 3.05) is 11.9 Å². The highest BCUT2D eigenvalue weighted by atomic mass is 19.1. The van der Waals surface area contributed by atoms with E-state index in [0.29, 0.717) is 6.54 Å². The van der Waals surface area contributed by atoms with Crippen molar-refractivity contribution in [3.8, 4) is 0 Å². The molecule has 98 valence electrons. The number of halogens is 1. The zero-order chi connectivity index (χ0) is 13.3. The quantitative estimate of drug-likeness (QED) is 0.886. The molecule has 0 bridgehead atoms. The summed E-state index contributed by atoms with van der Waals surface area (Å²) in [5, 5.41) is 3.49. The van der Waals surface area contributed by atoms with Crippen LogP contribution in [0.5, 0.6) is 0 Å². The van der Waals surface area contributed by atoms with E-state index in [9.17, 15) is 4.39 Å². The molecule has 3 heteroatoms. The lowest BCUT2D eigenvalue weighted by atomic mass is 9.95. The van der Waals surface area contributed by atoms with Gasteiger partial charge in [0.1, 0.15) is 5.82 Å². The van der Waals surface area contributed by atoms with E-state index in [-0.39, 0.29) is 11.4 Å². The second kappa shape index (κ2) is 4.67. The number of nitrogens with two attached hydrogens (primary N) is 1. The summed E-state index contributed by atoms with van der Waals surface area (Å²) < 4.78 is 12.9. The van der Waals surface area contributed by atoms with Crippen LogP contribution in [0, 0.1) is 5.82 Å². The Labute approximate surface area is 112 Å². The van der Waals surface area contributed by atoms with Crippen LogP contribution < -0.4 is 11.1 Å². The second-order valence-electron chi connectivity index (χ2n) is 5.24. The predicted molar refractivity (Wildman–Crippen MR) is 75.7 cm³/mol. The Morgan fingerprint density at radius 1 is 1.00 bits per heavy atom. The van der Waals surface area contributed by atoms with Crippen LogP contribution in [0.4, 0.5) is 10.1 Å². The highest BCUT2D eigenvalue weighted by molar-refractivity contribution is 5.49. The molecule has 0 radical (unpaired) electrons. The minimum atomic E-state index is -0.220. The van der Waals surface area contributed by atoms with Crippen molar-refractivity contribution in [1.29, 1.82) is 0 Å². The first kappa shape index (κ1) is 12.2. The Kier molecular flexibility index (Phi) is 2.99. The molecule has 3 rings (SSSR count). The molecule has 0 unspecified atom stereocenters. The van der Waals surface area contributed by atoms with E-state index in [1.165, 1.54) is 23.3 Å². The number of hydrogen-bond acceptors (Lipinski definition) is 2. The fraction of sp³-hybridized carbons (Fsp3) is 0.250. The van der Waals surface area contributed by atoms with Crippen LogP contribution >= 0.6 is 0 Å². The van der Waals surface area contributed by atoms with Gasteiger partial charge in [-0.25, -0.2) is 4.39 Å². The highest BCUT2D eigenvalue weighted by Gasteiger charge is 2.35. The van der Waals surface area contributed by atoms with Crippen LogP contribution in [-0.4, -0.2) is 12.1 Å². The van der Waals surface area contributed by atoms with Crippen LogP contribution in [0.2, 0.25) is 0 Å². The third kappa shape index (κ3) is 2.34. The first-order valence-corrected chi connectivity index (χ1v) is 6.51. The number of anilines is 1. The zero-order valence-corrected chi connectivity index (χ0v) is 10.7. The molecule has 0 aliphatic heterocycles. The van der Waals surface area contributed by atoms with E-state index in [1.807, 2.05) is 0 Å². The van der Waals surface area contributed by atoms with Crippen LogP contribution in [-0.2, 0) is 12.8 Å². The molecular formula is C16H17FN2. The van der Waals surface area contributed by atoms with Gasteiger partial charge in [-0.3, -0.25) is 0 Å². The van der Waals surface area contributed by atoms with Gasteiger partial charge in [0.15, 0.2) is 0 Å². The van der Waals surface area contributed by atoms with Gasteiger partial charge >= 0.3 is 0 Å². The SMILES string of the molecule is NCC1(Nc2ccc(F)cc2)Cc2ccccc2C1. The molecule has 0 saturated heterocycles. The molecule has 0 atom stereocenters. The van der Waals surface area contributed by atoms with Crippen LogP contribution in [0.3, 0.4) is 0 Å². The summed E-state index contributed by atoms with van der Waals surface area (Å²) in [7, 11) is 0. The van der Waals surface area contributed by atoms with Crippen molar-refractivity contribution in [2.45, 2.75) is 18.4 Å². The Bertz CT molecular complexity index is 553. The topological polar surface area (TPSA) is 38.0 Å². The van der Waals surface area contributed by atoms with E-state index in [2.05, 4.69) is 29.6 Å². The summed E-state index contributed by atoms with van der Waals surface area (Å²) in [4.78, 5) is 0. The molecule has 0 aromatic heterocycles. The number of hydrogen-bond donors (Lipinski definition) is 2. The Morgan fingerprint density at radius 3 is 2.11 bits per heavy atom. The maximum absolute atomic E-state index is 12.9. The van der Waals surface area contributed by atoms with Gasteiger partial charge in [-0.2, -0.15) is 0 Å². The van der Waals surface area contributed by atoms with Crippen molar-refractivity contribution in [2.24, 2.45) is 5.73 Å². The summed E-state index contributed by atoms with van der Waals surface area (Å²) in [6.07, 6.45) is 1.83. The molecule has 0 spiro atoms. The molecule has 1 aliphatic carbocycles. The van der Waals surface area contributed by atoms with Gasteiger partial charge in [-0.05, 0) is 48.2 Å². The summed E-state index contributed by atoms with van der Waals surface area (Å²) in [5.41, 5.74) is 9.45. The van der Waals surface area contributed by atoms with Crippen molar-refractivity contribution in [1.82, 2.24) is 0 Å². The minimum Gasteiger partial charge on any atom is -0.378 e. The van der Waals surface area contributed by atoms with Crippen molar-refractivity contribution in [3.63, 3.8) is 0 Å². The van der Waals surface area contributed by atoms with Crippen molar-refractivity contribution >= 4 is 5.69 Å². The molecule has 0 heterocycles. The number of benzene rings is 2. The monoisotopic (exact) mass is 256 g/mol. The molecule has 2 aromatic carbocycles. The van der Waals surface area contributed by atoms with Gasteiger partial charge in [0.2, 0.25) is 0 Å². The first-order valence-electron chi connectivity index (χ1n) is 6.51. The maximum Gasteiger partial charge on any atom is 0.123 e. The van der Waals surface area contributed by atoms with Crippen LogP contribution in [0.15, 0.2) is 48.5 Å². The van der Waals surface area contributed by atoms with E-state index < -0.39 is 0 Å². The highest BCUT2D eigenvalue weighted by Crippen LogP contribution is 2.32. The lowest BCUT2D eigenvalue weighted by Gasteiger charge is -2.30. The fourth-order valence-electron chi connectivity index (χ4n) is 2.82. The minimum absolute atomic E-state index is 0.151. The van der Waals surface area contributed by atoms with Gasteiger partial charge in [-0.1, -0.05) is 24.3 Å². The average molecular weight is 256 g/mol. The lowest BCUT2D eigenvalue weighted by molar-refractivity contribution is 0.504. The van der Waals surface area contributed by atoms with Crippen molar-refractivity contribution in [3.05, 3.63) is 65.5 Å². The van der Waals surface area contributed by atoms with Crippen molar-refractivity contribution < 1.29 is 4.39 Å². The molecule has 2 aromatic rings. The smallest absolute Gasteiger partial charge is 0.123 e. The molecule has 0 saturated carbocycles. The van der Waals surface area contributed by atoms with Gasteiger partial charge in [0.05, 0.1) is 5.54 Å². The van der Waals surface area contributed by atoms with Crippen LogP contribution in [0.25, 0.3) is 0 Å². The number of nitrogens with one attached hydrogen (secondary N) is 1. The fourth-order valence-corrected chi connectivity index (χ4v) is 2.82. The Morgan fingerprint density at radius 2 is 1.58 bits per heavy atom. The van der Waals surface area contributed by atoms with Crippen LogP contribution in [0.1, 0.15) is 11.1 Å². The number of fused-ring (bicyclic) bond motifs is 1. The summed E-state index contributed by atoms with van der Waals surface area (Å²) in [5.74, 6) is -0.220. The van der Waals surface area contributed by atoms with E-state index >= 15 is 0 Å². The second-order valence-corrected chi connectivity index (χ2v) is 5.24. The maximum atomic E-state index is 12.9. The molecule has 0 amide bonds. The summed E-state index contributed by atoms with van der Waals surface area (Å²) in [6.45, 7) is 0.555.